The highest BCUT2D eigenvalue weighted by atomic mass is 14.1. The lowest BCUT2D eigenvalue weighted by atomic mass is 9.92. The highest BCUT2D eigenvalue weighted by Crippen LogP contribution is 2.22. The normalized spacial score (nSPS) is 20.0. The van der Waals surface area contributed by atoms with E-state index in [4.69, 9.17) is 0 Å². The predicted molar refractivity (Wildman–Crippen MR) is 93.6 cm³/mol. The van der Waals surface area contributed by atoms with Gasteiger partial charge in [-0.15, -0.1) is 0 Å². The molecule has 0 bridgehead atoms. The second-order valence-corrected chi connectivity index (χ2v) is 6.64. The highest BCUT2D eigenvalue weighted by molar-refractivity contribution is 5.17. The Hall–Kier alpha value is -1.04. The molecule has 1 aromatic rings. The molecule has 0 aliphatic heterocycles. The van der Waals surface area contributed by atoms with Crippen LogP contribution in [-0.2, 0) is 6.42 Å². The topological polar surface area (TPSA) is 0 Å². The molecular formula is C21H32. The summed E-state index contributed by atoms with van der Waals surface area (Å²) < 4.78 is 0. The molecule has 1 aliphatic rings. The van der Waals surface area contributed by atoms with Crippen LogP contribution in [0, 0.1) is 5.92 Å². The zero-order chi connectivity index (χ0) is 14.6. The first-order valence-corrected chi connectivity index (χ1v) is 9.16. The quantitative estimate of drug-likeness (QED) is 0.541. The second kappa shape index (κ2) is 10.7. The Morgan fingerprint density at radius 2 is 1.24 bits per heavy atom. The van der Waals surface area contributed by atoms with Gasteiger partial charge < -0.3 is 0 Å². The van der Waals surface area contributed by atoms with Crippen LogP contribution in [0.25, 0.3) is 0 Å². The van der Waals surface area contributed by atoms with Crippen molar-refractivity contribution in [2.75, 3.05) is 0 Å². The van der Waals surface area contributed by atoms with E-state index in [9.17, 15) is 0 Å². The minimum atomic E-state index is 0.827. The van der Waals surface area contributed by atoms with E-state index in [-0.39, 0.29) is 0 Å². The first-order valence-electron chi connectivity index (χ1n) is 9.16. The van der Waals surface area contributed by atoms with Crippen LogP contribution in [-0.4, -0.2) is 0 Å². The monoisotopic (exact) mass is 284 g/mol. The third kappa shape index (κ3) is 7.50. The molecule has 0 aromatic heterocycles. The molecule has 1 fully saturated rings. The zero-order valence-electron chi connectivity index (χ0n) is 13.6. The summed E-state index contributed by atoms with van der Waals surface area (Å²) in [5.74, 6) is 0.827. The highest BCUT2D eigenvalue weighted by Gasteiger charge is 2.06. The van der Waals surface area contributed by atoms with Gasteiger partial charge in [-0.25, -0.2) is 0 Å². The molecule has 0 unspecified atom stereocenters. The Labute approximate surface area is 131 Å². The molecule has 1 aromatic carbocycles. The van der Waals surface area contributed by atoms with Gasteiger partial charge in [0.15, 0.2) is 0 Å². The average Bonchev–Trinajstić information content (AvgIpc) is 2.51. The van der Waals surface area contributed by atoms with Crippen LogP contribution in [0.3, 0.4) is 0 Å². The molecule has 0 amide bonds. The van der Waals surface area contributed by atoms with E-state index in [2.05, 4.69) is 42.5 Å². The smallest absolute Gasteiger partial charge is 0.00974 e. The van der Waals surface area contributed by atoms with Gasteiger partial charge in [-0.3, -0.25) is 0 Å². The standard InChI is InChI=1S/C21H32/c1-2-4-6-9-14-20(15-10-7-5-3-1)18-13-19-21-16-11-8-12-17-21/h8,11-13,16-18,20H,1-7,9-10,14-15,19H2. The van der Waals surface area contributed by atoms with Crippen molar-refractivity contribution in [2.45, 2.75) is 77.0 Å². The summed E-state index contributed by atoms with van der Waals surface area (Å²) in [5, 5.41) is 0. The van der Waals surface area contributed by atoms with Crippen LogP contribution in [0.15, 0.2) is 42.5 Å². The molecule has 0 nitrogen and oxygen atoms in total. The number of hydrogen-bond acceptors (Lipinski definition) is 0. The summed E-state index contributed by atoms with van der Waals surface area (Å²) in [5.41, 5.74) is 1.43. The Morgan fingerprint density at radius 3 is 1.81 bits per heavy atom. The number of allylic oxidation sites excluding steroid dienone is 2. The molecule has 0 radical (unpaired) electrons. The fraction of sp³-hybridized carbons (Fsp3) is 0.619. The maximum absolute atomic E-state index is 2.51. The summed E-state index contributed by atoms with van der Waals surface area (Å²) in [6.45, 7) is 0. The van der Waals surface area contributed by atoms with Gasteiger partial charge in [-0.2, -0.15) is 0 Å². The number of rotatable bonds is 3. The van der Waals surface area contributed by atoms with Gasteiger partial charge in [-0.05, 0) is 30.7 Å². The van der Waals surface area contributed by atoms with Crippen molar-refractivity contribution >= 4 is 0 Å². The van der Waals surface area contributed by atoms with E-state index >= 15 is 0 Å². The second-order valence-electron chi connectivity index (χ2n) is 6.64. The van der Waals surface area contributed by atoms with E-state index < -0.39 is 0 Å². The van der Waals surface area contributed by atoms with Crippen LogP contribution in [0.2, 0.25) is 0 Å². The van der Waals surface area contributed by atoms with Gasteiger partial charge in [0.2, 0.25) is 0 Å². The maximum atomic E-state index is 2.51. The van der Waals surface area contributed by atoms with Crippen molar-refractivity contribution in [1.82, 2.24) is 0 Å². The largest absolute Gasteiger partial charge is 0.0851 e. The van der Waals surface area contributed by atoms with Crippen molar-refractivity contribution in [3.63, 3.8) is 0 Å². The summed E-state index contributed by atoms with van der Waals surface area (Å²) in [4.78, 5) is 0. The lowest BCUT2D eigenvalue weighted by Gasteiger charge is -2.14. The van der Waals surface area contributed by atoms with Crippen LogP contribution in [0.4, 0.5) is 0 Å². The van der Waals surface area contributed by atoms with Crippen molar-refractivity contribution in [1.29, 1.82) is 0 Å². The number of hydrogen-bond donors (Lipinski definition) is 0. The van der Waals surface area contributed by atoms with Gasteiger partial charge in [-0.1, -0.05) is 100 Å². The van der Waals surface area contributed by atoms with Gasteiger partial charge in [0.25, 0.3) is 0 Å². The minimum Gasteiger partial charge on any atom is -0.0851 e. The summed E-state index contributed by atoms with van der Waals surface area (Å²) in [6.07, 6.45) is 21.9. The summed E-state index contributed by atoms with van der Waals surface area (Å²) in [7, 11) is 0. The van der Waals surface area contributed by atoms with Gasteiger partial charge in [0.1, 0.15) is 0 Å². The first-order chi connectivity index (χ1) is 10.4. The molecule has 0 saturated heterocycles. The molecule has 2 rings (SSSR count). The van der Waals surface area contributed by atoms with E-state index in [0.717, 1.165) is 12.3 Å². The maximum Gasteiger partial charge on any atom is -0.00974 e. The third-order valence-corrected chi connectivity index (χ3v) is 4.75. The molecule has 116 valence electrons. The lowest BCUT2D eigenvalue weighted by molar-refractivity contribution is 0.449. The SMILES string of the molecule is C(=CC1CCCCCCCCCCC1)Cc1ccccc1. The van der Waals surface area contributed by atoms with Crippen molar-refractivity contribution in [2.24, 2.45) is 5.92 Å². The Morgan fingerprint density at radius 1 is 0.714 bits per heavy atom. The third-order valence-electron chi connectivity index (χ3n) is 4.75. The van der Waals surface area contributed by atoms with Crippen molar-refractivity contribution < 1.29 is 0 Å². The van der Waals surface area contributed by atoms with Crippen LogP contribution < -0.4 is 0 Å². The van der Waals surface area contributed by atoms with Crippen LogP contribution in [0.5, 0.6) is 0 Å². The predicted octanol–water partition coefficient (Wildman–Crippen LogP) is 6.71. The molecule has 0 heterocycles. The van der Waals surface area contributed by atoms with Crippen LogP contribution >= 0.6 is 0 Å². The molecule has 0 N–H and O–H groups in total. The first kappa shape index (κ1) is 16.3. The van der Waals surface area contributed by atoms with Gasteiger partial charge in [0, 0.05) is 0 Å². The Bertz CT molecular complexity index is 364. The summed E-state index contributed by atoms with van der Waals surface area (Å²) in [6, 6.07) is 10.8. The Balaban J connectivity index is 1.77. The average molecular weight is 284 g/mol. The van der Waals surface area contributed by atoms with E-state index in [1.165, 1.54) is 76.2 Å². The fourth-order valence-electron chi connectivity index (χ4n) is 3.40. The molecule has 1 saturated carbocycles. The van der Waals surface area contributed by atoms with Crippen molar-refractivity contribution in [3.05, 3.63) is 48.0 Å². The van der Waals surface area contributed by atoms with E-state index in [0.29, 0.717) is 0 Å². The van der Waals surface area contributed by atoms with E-state index in [1.54, 1.807) is 0 Å². The number of benzene rings is 1. The fourth-order valence-corrected chi connectivity index (χ4v) is 3.40. The molecular weight excluding hydrogens is 252 g/mol. The van der Waals surface area contributed by atoms with Gasteiger partial charge >= 0.3 is 0 Å². The zero-order valence-corrected chi connectivity index (χ0v) is 13.6. The lowest BCUT2D eigenvalue weighted by Crippen LogP contribution is -1.98. The summed E-state index contributed by atoms with van der Waals surface area (Å²) >= 11 is 0. The minimum absolute atomic E-state index is 0.827. The van der Waals surface area contributed by atoms with E-state index in [1.807, 2.05) is 0 Å². The molecule has 0 spiro atoms. The van der Waals surface area contributed by atoms with Crippen molar-refractivity contribution in [3.8, 4) is 0 Å². The molecule has 0 heteroatoms. The molecule has 0 atom stereocenters. The Kier molecular flexibility index (Phi) is 8.29. The molecule has 1 aliphatic carbocycles. The van der Waals surface area contributed by atoms with Gasteiger partial charge in [0.05, 0.1) is 0 Å². The van der Waals surface area contributed by atoms with Crippen LogP contribution in [0.1, 0.15) is 76.2 Å². The molecule has 21 heavy (non-hydrogen) atoms.